The van der Waals surface area contributed by atoms with E-state index in [1.165, 1.54) is 18.5 Å². The van der Waals surface area contributed by atoms with Crippen molar-refractivity contribution in [2.45, 2.75) is 24.1 Å². The van der Waals surface area contributed by atoms with Gasteiger partial charge in [0.05, 0.1) is 4.90 Å². The molecule has 2 heterocycles. The third kappa shape index (κ3) is 5.54. The molecular weight excluding hydrogens is 477 g/mol. The molecule has 0 spiro atoms. The van der Waals surface area contributed by atoms with Gasteiger partial charge >= 0.3 is 6.36 Å². The van der Waals surface area contributed by atoms with E-state index in [1.54, 1.807) is 24.3 Å². The Hall–Kier alpha value is -3.45. The lowest BCUT2D eigenvalue weighted by Gasteiger charge is -2.30. The number of carbonyl (C=O) groups excluding carboxylic acids is 1. The van der Waals surface area contributed by atoms with E-state index in [9.17, 15) is 26.4 Å². The Morgan fingerprint density at radius 1 is 1.12 bits per heavy atom. The molecule has 1 amide bonds. The molecule has 0 bridgehead atoms. The predicted octanol–water partition coefficient (Wildman–Crippen LogP) is 3.67. The number of alkyl halides is 3. The molecule has 3 aromatic rings. The Morgan fingerprint density at radius 3 is 2.53 bits per heavy atom. The zero-order valence-corrected chi connectivity index (χ0v) is 18.3. The Labute approximate surface area is 192 Å². The molecule has 1 aliphatic heterocycles. The van der Waals surface area contributed by atoms with Crippen molar-refractivity contribution >= 4 is 21.6 Å². The molecule has 1 N–H and O–H groups in total. The molecule has 0 radical (unpaired) electrons. The van der Waals surface area contributed by atoms with Crippen LogP contribution in [0.4, 0.5) is 18.9 Å². The van der Waals surface area contributed by atoms with Crippen molar-refractivity contribution in [2.24, 2.45) is 5.92 Å². The van der Waals surface area contributed by atoms with Crippen molar-refractivity contribution in [1.82, 2.24) is 14.5 Å². The molecule has 4 rings (SSSR count). The molecule has 9 nitrogen and oxygen atoms in total. The van der Waals surface area contributed by atoms with Crippen LogP contribution in [-0.2, 0) is 14.8 Å². The zero-order valence-electron chi connectivity index (χ0n) is 17.5. The first-order valence-corrected chi connectivity index (χ1v) is 11.6. The van der Waals surface area contributed by atoms with Gasteiger partial charge in [0.2, 0.25) is 28.2 Å². The van der Waals surface area contributed by atoms with Gasteiger partial charge in [-0.2, -0.15) is 4.31 Å². The molecule has 2 aromatic carbocycles. The van der Waals surface area contributed by atoms with E-state index in [-0.39, 0.29) is 36.7 Å². The predicted molar refractivity (Wildman–Crippen MR) is 113 cm³/mol. The Bertz CT molecular complexity index is 1260. The van der Waals surface area contributed by atoms with Crippen LogP contribution in [0.3, 0.4) is 0 Å². The number of carbonyl (C=O) groups is 1. The normalized spacial score (nSPS) is 15.7. The molecule has 180 valence electrons. The quantitative estimate of drug-likeness (QED) is 0.554. The maximum atomic E-state index is 12.9. The summed E-state index contributed by atoms with van der Waals surface area (Å²) in [7, 11) is -4.05. The number of rotatable bonds is 6. The summed E-state index contributed by atoms with van der Waals surface area (Å²) in [5.74, 6) is -1.01. The van der Waals surface area contributed by atoms with Crippen molar-refractivity contribution in [1.29, 1.82) is 0 Å². The van der Waals surface area contributed by atoms with Crippen LogP contribution in [0.1, 0.15) is 12.8 Å². The van der Waals surface area contributed by atoms with Crippen LogP contribution in [0, 0.1) is 5.92 Å². The molecule has 1 fully saturated rings. The maximum absolute atomic E-state index is 12.9. The molecule has 34 heavy (non-hydrogen) atoms. The zero-order chi connectivity index (χ0) is 24.3. The summed E-state index contributed by atoms with van der Waals surface area (Å²) in [6.45, 7) is 0.0968. The van der Waals surface area contributed by atoms with E-state index in [0.29, 0.717) is 17.1 Å². The largest absolute Gasteiger partial charge is 0.573 e. The van der Waals surface area contributed by atoms with Crippen molar-refractivity contribution in [3.63, 3.8) is 0 Å². The summed E-state index contributed by atoms with van der Waals surface area (Å²) in [6.07, 6.45) is -3.22. The lowest BCUT2D eigenvalue weighted by atomic mass is 9.97. The topological polar surface area (TPSA) is 115 Å². The third-order valence-electron chi connectivity index (χ3n) is 5.24. The Morgan fingerprint density at radius 2 is 1.85 bits per heavy atom. The van der Waals surface area contributed by atoms with Crippen LogP contribution in [0.15, 0.2) is 64.2 Å². The van der Waals surface area contributed by atoms with Gasteiger partial charge < -0.3 is 14.5 Å². The van der Waals surface area contributed by atoms with E-state index in [4.69, 9.17) is 4.42 Å². The molecule has 1 aromatic heterocycles. The summed E-state index contributed by atoms with van der Waals surface area (Å²) in [4.78, 5) is 12.4. The smallest absolute Gasteiger partial charge is 0.423 e. The van der Waals surface area contributed by atoms with Gasteiger partial charge in [-0.3, -0.25) is 4.79 Å². The van der Waals surface area contributed by atoms with E-state index < -0.39 is 28.1 Å². The molecule has 0 atom stereocenters. The first-order valence-electron chi connectivity index (χ1n) is 10.2. The second kappa shape index (κ2) is 9.43. The van der Waals surface area contributed by atoms with Crippen molar-refractivity contribution in [3.8, 4) is 17.2 Å². The SMILES string of the molecule is O=C(Nc1cccc(-c2nnco2)c1)C1CCN(S(=O)(=O)c2cccc(OC(F)(F)F)c2)CC1. The fourth-order valence-corrected chi connectivity index (χ4v) is 5.12. The minimum Gasteiger partial charge on any atom is -0.423 e. The highest BCUT2D eigenvalue weighted by atomic mass is 32.2. The number of benzene rings is 2. The number of hydrogen-bond acceptors (Lipinski definition) is 7. The number of nitrogens with zero attached hydrogens (tertiary/aromatic N) is 3. The van der Waals surface area contributed by atoms with Gasteiger partial charge in [-0.05, 0) is 43.2 Å². The van der Waals surface area contributed by atoms with Crippen LogP contribution in [-0.4, -0.2) is 48.3 Å². The number of nitrogens with one attached hydrogen (secondary N) is 1. The maximum Gasteiger partial charge on any atom is 0.573 e. The average molecular weight is 496 g/mol. The van der Waals surface area contributed by atoms with Crippen LogP contribution in [0.5, 0.6) is 5.75 Å². The van der Waals surface area contributed by atoms with E-state index in [0.717, 1.165) is 16.4 Å². The lowest BCUT2D eigenvalue weighted by molar-refractivity contribution is -0.274. The third-order valence-corrected chi connectivity index (χ3v) is 7.13. The minimum atomic E-state index is -4.93. The van der Waals surface area contributed by atoms with Gasteiger partial charge in [0.15, 0.2) is 0 Å². The molecule has 0 aliphatic carbocycles. The molecular formula is C21H19F3N4O5S. The van der Waals surface area contributed by atoms with E-state index in [2.05, 4.69) is 20.3 Å². The van der Waals surface area contributed by atoms with E-state index in [1.807, 2.05) is 0 Å². The molecule has 0 saturated carbocycles. The average Bonchev–Trinajstić information content (AvgIpc) is 3.33. The first kappa shape index (κ1) is 23.7. The van der Waals surface area contributed by atoms with Gasteiger partial charge in [-0.25, -0.2) is 8.42 Å². The number of ether oxygens (including phenoxy) is 1. The van der Waals surface area contributed by atoms with Crippen LogP contribution in [0.25, 0.3) is 11.5 Å². The molecule has 0 unspecified atom stereocenters. The minimum absolute atomic E-state index is 0.0484. The van der Waals surface area contributed by atoms with Gasteiger partial charge in [0, 0.05) is 36.3 Å². The monoisotopic (exact) mass is 496 g/mol. The summed E-state index contributed by atoms with van der Waals surface area (Å²) in [5.41, 5.74) is 1.16. The van der Waals surface area contributed by atoms with Crippen LogP contribution in [0.2, 0.25) is 0 Å². The van der Waals surface area contributed by atoms with Gasteiger partial charge in [-0.1, -0.05) is 12.1 Å². The van der Waals surface area contributed by atoms with Crippen molar-refractivity contribution in [2.75, 3.05) is 18.4 Å². The summed E-state index contributed by atoms with van der Waals surface area (Å²) in [6, 6.07) is 11.1. The highest BCUT2D eigenvalue weighted by Crippen LogP contribution is 2.29. The second-order valence-corrected chi connectivity index (χ2v) is 9.45. The second-order valence-electron chi connectivity index (χ2n) is 7.51. The number of aromatic nitrogens is 2. The van der Waals surface area contributed by atoms with Gasteiger partial charge in [0.1, 0.15) is 5.75 Å². The van der Waals surface area contributed by atoms with Gasteiger partial charge in [-0.15, -0.1) is 23.4 Å². The summed E-state index contributed by atoms with van der Waals surface area (Å²) >= 11 is 0. The number of hydrogen-bond donors (Lipinski definition) is 1. The van der Waals surface area contributed by atoms with Crippen LogP contribution < -0.4 is 10.1 Å². The standard InChI is InChI=1S/C21H19F3N4O5S/c22-21(23,24)33-17-5-2-6-18(12-17)34(30,31)28-9-7-14(8-10-28)19(29)26-16-4-1-3-15(11-16)20-27-25-13-32-20/h1-6,11-14H,7-10H2,(H,26,29). The molecule has 1 aliphatic rings. The Kier molecular flexibility index (Phi) is 6.57. The fraction of sp³-hybridized carbons (Fsp3) is 0.286. The van der Waals surface area contributed by atoms with E-state index >= 15 is 0 Å². The Balaban J connectivity index is 1.38. The fourth-order valence-electron chi connectivity index (χ4n) is 3.61. The number of halogens is 3. The van der Waals surface area contributed by atoms with Crippen molar-refractivity contribution < 1.29 is 35.5 Å². The highest BCUT2D eigenvalue weighted by molar-refractivity contribution is 7.89. The number of sulfonamides is 1. The van der Waals surface area contributed by atoms with Gasteiger partial charge in [0.25, 0.3) is 0 Å². The molecule has 1 saturated heterocycles. The van der Waals surface area contributed by atoms with Crippen LogP contribution >= 0.6 is 0 Å². The summed E-state index contributed by atoms with van der Waals surface area (Å²) < 4.78 is 73.3. The number of amides is 1. The number of anilines is 1. The first-order chi connectivity index (χ1) is 16.1. The lowest BCUT2D eigenvalue weighted by Crippen LogP contribution is -2.41. The van der Waals surface area contributed by atoms with Crippen molar-refractivity contribution in [3.05, 3.63) is 54.9 Å². The molecule has 13 heteroatoms. The summed E-state index contributed by atoms with van der Waals surface area (Å²) in [5, 5.41) is 10.2. The number of piperidine rings is 1. The highest BCUT2D eigenvalue weighted by Gasteiger charge is 2.34.